The molecule has 0 aromatic heterocycles. The van der Waals surface area contributed by atoms with Crippen LogP contribution in [0.4, 0.5) is 4.79 Å². The predicted molar refractivity (Wildman–Crippen MR) is 69.7 cm³/mol. The van der Waals surface area contributed by atoms with Gasteiger partial charge in [-0.15, -0.1) is 0 Å². The van der Waals surface area contributed by atoms with Crippen molar-refractivity contribution in [1.82, 2.24) is 15.1 Å². The Kier molecular flexibility index (Phi) is 5.27. The van der Waals surface area contributed by atoms with Crippen LogP contribution in [0.1, 0.15) is 0 Å². The molecule has 7 heteroatoms. The topological polar surface area (TPSA) is 61.9 Å². The van der Waals surface area contributed by atoms with Crippen LogP contribution in [-0.2, 0) is 9.53 Å². The molecule has 2 heterocycles. The van der Waals surface area contributed by atoms with Gasteiger partial charge in [-0.05, 0) is 0 Å². The second-order valence-electron chi connectivity index (χ2n) is 4.34. The van der Waals surface area contributed by atoms with E-state index >= 15 is 0 Å². The van der Waals surface area contributed by atoms with Crippen molar-refractivity contribution < 1.29 is 14.3 Å². The lowest BCUT2D eigenvalue weighted by atomic mass is 10.4. The molecule has 1 N–H and O–H groups in total. The van der Waals surface area contributed by atoms with E-state index in [-0.39, 0.29) is 17.7 Å². The standard InChI is InChI=1S/C11H19N3O3S/c15-10(9-14-5-8-18-11(14)16)12-1-2-13-3-6-17-7-4-13/h1-9H2,(H,12,15). The molecule has 2 saturated heterocycles. The van der Waals surface area contributed by atoms with Crippen LogP contribution < -0.4 is 5.32 Å². The van der Waals surface area contributed by atoms with E-state index < -0.39 is 0 Å². The fourth-order valence-corrected chi connectivity index (χ4v) is 2.80. The first-order chi connectivity index (χ1) is 8.75. The van der Waals surface area contributed by atoms with Gasteiger partial charge in [0.05, 0.1) is 13.2 Å². The van der Waals surface area contributed by atoms with E-state index in [1.807, 2.05) is 0 Å². The minimum Gasteiger partial charge on any atom is -0.379 e. The quantitative estimate of drug-likeness (QED) is 0.739. The van der Waals surface area contributed by atoms with Crippen molar-refractivity contribution in [2.24, 2.45) is 0 Å². The maximum atomic E-state index is 11.6. The van der Waals surface area contributed by atoms with Crippen LogP contribution in [0.2, 0.25) is 0 Å². The zero-order chi connectivity index (χ0) is 12.8. The Balaban J connectivity index is 1.58. The summed E-state index contributed by atoms with van der Waals surface area (Å²) < 4.78 is 5.25. The summed E-state index contributed by atoms with van der Waals surface area (Å²) in [6, 6.07) is 0. The van der Waals surface area contributed by atoms with Crippen LogP contribution in [0.15, 0.2) is 0 Å². The summed E-state index contributed by atoms with van der Waals surface area (Å²) >= 11 is 1.28. The van der Waals surface area contributed by atoms with Gasteiger partial charge in [0.25, 0.3) is 5.24 Å². The van der Waals surface area contributed by atoms with Crippen LogP contribution in [-0.4, -0.2) is 79.2 Å². The van der Waals surface area contributed by atoms with Crippen molar-refractivity contribution in [3.63, 3.8) is 0 Å². The third-order valence-corrected chi connectivity index (χ3v) is 3.93. The molecule has 0 aromatic rings. The minimum absolute atomic E-state index is 0.0123. The first-order valence-corrected chi connectivity index (χ1v) is 7.23. The lowest BCUT2D eigenvalue weighted by molar-refractivity contribution is -0.121. The van der Waals surface area contributed by atoms with Crippen molar-refractivity contribution in [2.75, 3.05) is 58.2 Å². The summed E-state index contributed by atoms with van der Waals surface area (Å²) in [5, 5.41) is 2.87. The summed E-state index contributed by atoms with van der Waals surface area (Å²) in [4.78, 5) is 26.8. The van der Waals surface area contributed by atoms with Crippen LogP contribution >= 0.6 is 11.8 Å². The Hall–Kier alpha value is -0.790. The van der Waals surface area contributed by atoms with Gasteiger partial charge in [-0.25, -0.2) is 0 Å². The minimum atomic E-state index is -0.0703. The Morgan fingerprint density at radius 2 is 2.11 bits per heavy atom. The molecule has 18 heavy (non-hydrogen) atoms. The maximum Gasteiger partial charge on any atom is 0.282 e. The molecule has 2 fully saturated rings. The highest BCUT2D eigenvalue weighted by atomic mass is 32.2. The third kappa shape index (κ3) is 4.15. The lowest BCUT2D eigenvalue weighted by Crippen LogP contribution is -2.43. The average molecular weight is 273 g/mol. The smallest absolute Gasteiger partial charge is 0.282 e. The summed E-state index contributed by atoms with van der Waals surface area (Å²) in [5.74, 6) is 0.721. The number of thioether (sulfide) groups is 1. The second kappa shape index (κ2) is 6.96. The first-order valence-electron chi connectivity index (χ1n) is 6.24. The molecule has 0 aromatic carbocycles. The van der Waals surface area contributed by atoms with Gasteiger partial charge in [-0.1, -0.05) is 11.8 Å². The largest absolute Gasteiger partial charge is 0.379 e. The number of ether oxygens (including phenoxy) is 1. The molecular formula is C11H19N3O3S. The average Bonchev–Trinajstić information content (AvgIpc) is 2.76. The van der Waals surface area contributed by atoms with E-state index in [0.717, 1.165) is 38.6 Å². The molecule has 2 aliphatic heterocycles. The van der Waals surface area contributed by atoms with Crippen molar-refractivity contribution in [3.8, 4) is 0 Å². The molecule has 0 unspecified atom stereocenters. The highest BCUT2D eigenvalue weighted by Crippen LogP contribution is 2.16. The highest BCUT2D eigenvalue weighted by Gasteiger charge is 2.23. The van der Waals surface area contributed by atoms with Gasteiger partial charge in [0.2, 0.25) is 5.91 Å². The maximum absolute atomic E-state index is 11.6. The number of morpholine rings is 1. The Morgan fingerprint density at radius 3 is 2.78 bits per heavy atom. The monoisotopic (exact) mass is 273 g/mol. The van der Waals surface area contributed by atoms with E-state index in [1.165, 1.54) is 11.8 Å². The number of hydrogen-bond acceptors (Lipinski definition) is 5. The van der Waals surface area contributed by atoms with Crippen molar-refractivity contribution in [1.29, 1.82) is 0 Å². The van der Waals surface area contributed by atoms with Crippen LogP contribution in [0.3, 0.4) is 0 Å². The van der Waals surface area contributed by atoms with Crippen LogP contribution in [0, 0.1) is 0 Å². The van der Waals surface area contributed by atoms with Gasteiger partial charge >= 0.3 is 0 Å². The molecule has 0 saturated carbocycles. The van der Waals surface area contributed by atoms with E-state index in [0.29, 0.717) is 13.1 Å². The third-order valence-electron chi connectivity index (χ3n) is 3.03. The van der Waals surface area contributed by atoms with Gasteiger partial charge in [-0.3, -0.25) is 14.5 Å². The van der Waals surface area contributed by atoms with Crippen molar-refractivity contribution >= 4 is 22.9 Å². The molecule has 6 nitrogen and oxygen atoms in total. The molecule has 102 valence electrons. The number of nitrogens with zero attached hydrogens (tertiary/aromatic N) is 2. The Morgan fingerprint density at radius 1 is 1.33 bits per heavy atom. The van der Waals surface area contributed by atoms with Crippen molar-refractivity contribution in [3.05, 3.63) is 0 Å². The van der Waals surface area contributed by atoms with Gasteiger partial charge in [0.1, 0.15) is 6.54 Å². The number of hydrogen-bond donors (Lipinski definition) is 1. The molecule has 2 aliphatic rings. The van der Waals surface area contributed by atoms with Gasteiger partial charge < -0.3 is 15.0 Å². The van der Waals surface area contributed by atoms with Crippen LogP contribution in [0.25, 0.3) is 0 Å². The van der Waals surface area contributed by atoms with Crippen molar-refractivity contribution in [2.45, 2.75) is 0 Å². The van der Waals surface area contributed by atoms with E-state index in [1.54, 1.807) is 4.90 Å². The van der Waals surface area contributed by atoms with Gasteiger partial charge in [-0.2, -0.15) is 0 Å². The molecule has 0 radical (unpaired) electrons. The molecule has 0 atom stereocenters. The second-order valence-corrected chi connectivity index (χ2v) is 5.39. The lowest BCUT2D eigenvalue weighted by Gasteiger charge is -2.26. The van der Waals surface area contributed by atoms with Crippen LogP contribution in [0.5, 0.6) is 0 Å². The summed E-state index contributed by atoms with van der Waals surface area (Å²) in [7, 11) is 0. The van der Waals surface area contributed by atoms with Gasteiger partial charge in [0.15, 0.2) is 0 Å². The SMILES string of the molecule is O=C(CN1CCSC1=O)NCCN1CCOCC1. The number of amides is 2. The Bertz CT molecular complexity index is 308. The molecular weight excluding hydrogens is 254 g/mol. The number of carbonyl (C=O) groups excluding carboxylic acids is 2. The molecule has 0 aliphatic carbocycles. The summed E-state index contributed by atoms with van der Waals surface area (Å²) in [6.07, 6.45) is 0. The summed E-state index contributed by atoms with van der Waals surface area (Å²) in [5.41, 5.74) is 0. The first kappa shape index (κ1) is 13.6. The fraction of sp³-hybridized carbons (Fsp3) is 0.818. The molecule has 0 bridgehead atoms. The molecule has 2 rings (SSSR count). The molecule has 0 spiro atoms. The zero-order valence-electron chi connectivity index (χ0n) is 10.4. The fourth-order valence-electron chi connectivity index (χ4n) is 1.98. The normalized spacial score (nSPS) is 21.3. The summed E-state index contributed by atoms with van der Waals surface area (Å²) in [6.45, 7) is 5.75. The highest BCUT2D eigenvalue weighted by molar-refractivity contribution is 8.13. The number of carbonyl (C=O) groups is 2. The number of nitrogens with one attached hydrogen (secondary N) is 1. The van der Waals surface area contributed by atoms with Gasteiger partial charge in [0, 0.05) is 38.5 Å². The van der Waals surface area contributed by atoms with E-state index in [9.17, 15) is 9.59 Å². The predicted octanol–water partition coefficient (Wildman–Crippen LogP) is -0.396. The Labute approximate surface area is 111 Å². The van der Waals surface area contributed by atoms with E-state index in [2.05, 4.69) is 10.2 Å². The van der Waals surface area contributed by atoms with E-state index in [4.69, 9.17) is 4.74 Å². The number of rotatable bonds is 5. The zero-order valence-corrected chi connectivity index (χ0v) is 11.2. The molecule has 2 amide bonds.